The third-order valence-corrected chi connectivity index (χ3v) is 2.79. The van der Waals surface area contributed by atoms with E-state index in [1.807, 2.05) is 25.1 Å². The molecule has 0 aliphatic heterocycles. The second kappa shape index (κ2) is 3.24. The lowest BCUT2D eigenvalue weighted by Crippen LogP contribution is -1.89. The molecule has 0 atom stereocenters. The molecule has 4 heteroatoms. The fraction of sp³-hybridized carbons (Fsp3) is 0.111. The summed E-state index contributed by atoms with van der Waals surface area (Å²) in [5.74, 6) is 0. The van der Waals surface area contributed by atoms with Gasteiger partial charge in [-0.05, 0) is 25.1 Å². The zero-order chi connectivity index (χ0) is 9.42. The molecule has 1 aromatic heterocycles. The van der Waals surface area contributed by atoms with Gasteiger partial charge in [0, 0.05) is 9.86 Å². The third-order valence-electron chi connectivity index (χ3n) is 1.82. The average molecular weight is 258 g/mol. The number of halogens is 2. The molecule has 0 spiro atoms. The van der Waals surface area contributed by atoms with Crippen LogP contribution in [0.1, 0.15) is 5.69 Å². The topological polar surface area (TPSA) is 25.8 Å². The molecule has 0 aliphatic carbocycles. The number of fused-ring (bicyclic) bond motifs is 1. The van der Waals surface area contributed by atoms with Crippen LogP contribution in [0.5, 0.6) is 0 Å². The molecule has 2 aromatic rings. The van der Waals surface area contributed by atoms with Crippen LogP contribution in [0.3, 0.4) is 0 Å². The minimum absolute atomic E-state index is 0.673. The van der Waals surface area contributed by atoms with Crippen molar-refractivity contribution in [1.82, 2.24) is 10.2 Å². The van der Waals surface area contributed by atoms with Crippen LogP contribution < -0.4 is 0 Å². The number of benzene rings is 1. The van der Waals surface area contributed by atoms with E-state index in [9.17, 15) is 0 Å². The van der Waals surface area contributed by atoms with Crippen molar-refractivity contribution in [3.8, 4) is 0 Å². The molecule has 1 heterocycles. The molecule has 13 heavy (non-hydrogen) atoms. The van der Waals surface area contributed by atoms with Gasteiger partial charge in [-0.3, -0.25) is 0 Å². The van der Waals surface area contributed by atoms with Gasteiger partial charge in [0.2, 0.25) is 0 Å². The first-order valence-electron chi connectivity index (χ1n) is 3.76. The minimum Gasteiger partial charge on any atom is -0.154 e. The number of hydrogen-bond acceptors (Lipinski definition) is 2. The number of rotatable bonds is 0. The summed E-state index contributed by atoms with van der Waals surface area (Å²) >= 11 is 9.46. The maximum Gasteiger partial charge on any atom is 0.0945 e. The summed E-state index contributed by atoms with van der Waals surface area (Å²) in [5.41, 5.74) is 1.58. The number of nitrogens with zero attached hydrogens (tertiary/aromatic N) is 2. The van der Waals surface area contributed by atoms with Crippen molar-refractivity contribution in [2.45, 2.75) is 6.92 Å². The molecule has 0 aliphatic rings. The molecule has 0 bridgehead atoms. The Kier molecular flexibility index (Phi) is 2.22. The highest BCUT2D eigenvalue weighted by atomic mass is 79.9. The Morgan fingerprint density at radius 3 is 2.85 bits per heavy atom. The first-order chi connectivity index (χ1) is 6.18. The molecule has 0 amide bonds. The van der Waals surface area contributed by atoms with E-state index in [-0.39, 0.29) is 0 Å². The number of hydrogen-bond donors (Lipinski definition) is 0. The molecular formula is C9H6BrClN2. The van der Waals surface area contributed by atoms with Gasteiger partial charge in [-0.15, -0.1) is 0 Å². The van der Waals surface area contributed by atoms with Crippen molar-refractivity contribution in [2.75, 3.05) is 0 Å². The maximum absolute atomic E-state index is 6.07. The lowest BCUT2D eigenvalue weighted by atomic mass is 10.2. The summed E-state index contributed by atoms with van der Waals surface area (Å²) in [6.07, 6.45) is 0. The predicted octanol–water partition coefficient (Wildman–Crippen LogP) is 3.35. The first kappa shape index (κ1) is 8.91. The van der Waals surface area contributed by atoms with Gasteiger partial charge in [-0.2, -0.15) is 10.2 Å². The Morgan fingerprint density at radius 2 is 2.08 bits per heavy atom. The zero-order valence-electron chi connectivity index (χ0n) is 6.88. The molecule has 0 radical (unpaired) electrons. The molecule has 1 aromatic carbocycles. The summed E-state index contributed by atoms with van der Waals surface area (Å²) < 4.78 is 0.995. The summed E-state index contributed by atoms with van der Waals surface area (Å²) in [4.78, 5) is 0. The van der Waals surface area contributed by atoms with E-state index < -0.39 is 0 Å². The van der Waals surface area contributed by atoms with E-state index in [1.165, 1.54) is 0 Å². The summed E-state index contributed by atoms with van der Waals surface area (Å²) in [6.45, 7) is 1.84. The van der Waals surface area contributed by atoms with Crippen molar-refractivity contribution in [3.63, 3.8) is 0 Å². The van der Waals surface area contributed by atoms with Gasteiger partial charge in [0.15, 0.2) is 0 Å². The van der Waals surface area contributed by atoms with Crippen LogP contribution >= 0.6 is 27.5 Å². The van der Waals surface area contributed by atoms with Crippen molar-refractivity contribution in [2.24, 2.45) is 0 Å². The van der Waals surface area contributed by atoms with Crippen molar-refractivity contribution in [1.29, 1.82) is 0 Å². The third kappa shape index (κ3) is 1.54. The van der Waals surface area contributed by atoms with E-state index >= 15 is 0 Å². The summed E-state index contributed by atoms with van der Waals surface area (Å²) in [6, 6.07) is 5.75. The number of aromatic nitrogens is 2. The Hall–Kier alpha value is -0.670. The first-order valence-corrected chi connectivity index (χ1v) is 4.93. The molecule has 0 N–H and O–H groups in total. The van der Waals surface area contributed by atoms with Crippen molar-refractivity contribution < 1.29 is 0 Å². The average Bonchev–Trinajstić information content (AvgIpc) is 2.12. The molecule has 2 rings (SSSR count). The van der Waals surface area contributed by atoms with E-state index in [2.05, 4.69) is 26.1 Å². The molecule has 0 saturated carbocycles. The van der Waals surface area contributed by atoms with E-state index in [0.717, 1.165) is 21.1 Å². The SMILES string of the molecule is Cc1nnc2ccc(Br)cc2c1Cl. The molecule has 0 saturated heterocycles. The van der Waals surface area contributed by atoms with Gasteiger partial charge >= 0.3 is 0 Å². The van der Waals surface area contributed by atoms with Gasteiger partial charge in [0.1, 0.15) is 0 Å². The van der Waals surface area contributed by atoms with Crippen LogP contribution in [0.2, 0.25) is 5.02 Å². The van der Waals surface area contributed by atoms with E-state index in [0.29, 0.717) is 5.02 Å². The minimum atomic E-state index is 0.673. The lowest BCUT2D eigenvalue weighted by molar-refractivity contribution is 1.02. The molecule has 66 valence electrons. The van der Waals surface area contributed by atoms with Crippen LogP contribution in [0, 0.1) is 6.92 Å². The largest absolute Gasteiger partial charge is 0.154 e. The van der Waals surface area contributed by atoms with E-state index in [4.69, 9.17) is 11.6 Å². The predicted molar refractivity (Wildman–Crippen MR) is 57.0 cm³/mol. The summed E-state index contributed by atoms with van der Waals surface area (Å²) in [5, 5.41) is 9.57. The van der Waals surface area contributed by atoms with E-state index in [1.54, 1.807) is 0 Å². The molecular weight excluding hydrogens is 251 g/mol. The monoisotopic (exact) mass is 256 g/mol. The zero-order valence-corrected chi connectivity index (χ0v) is 9.22. The number of aryl methyl sites for hydroxylation is 1. The highest BCUT2D eigenvalue weighted by molar-refractivity contribution is 9.10. The van der Waals surface area contributed by atoms with Gasteiger partial charge in [0.05, 0.1) is 16.2 Å². The van der Waals surface area contributed by atoms with Crippen molar-refractivity contribution >= 4 is 38.4 Å². The van der Waals surface area contributed by atoms with Gasteiger partial charge < -0.3 is 0 Å². The van der Waals surface area contributed by atoms with Gasteiger partial charge in [0.25, 0.3) is 0 Å². The fourth-order valence-corrected chi connectivity index (χ4v) is 1.69. The highest BCUT2D eigenvalue weighted by Gasteiger charge is 2.04. The quantitative estimate of drug-likeness (QED) is 0.723. The maximum atomic E-state index is 6.07. The van der Waals surface area contributed by atoms with Crippen LogP contribution in [-0.2, 0) is 0 Å². The molecule has 0 unspecified atom stereocenters. The fourth-order valence-electron chi connectivity index (χ4n) is 1.14. The van der Waals surface area contributed by atoms with Gasteiger partial charge in [-0.25, -0.2) is 0 Å². The molecule has 2 nitrogen and oxygen atoms in total. The lowest BCUT2D eigenvalue weighted by Gasteiger charge is -2.01. The summed E-state index contributed by atoms with van der Waals surface area (Å²) in [7, 11) is 0. The smallest absolute Gasteiger partial charge is 0.0945 e. The highest BCUT2D eigenvalue weighted by Crippen LogP contribution is 2.26. The normalized spacial score (nSPS) is 10.7. The Bertz CT molecular complexity index is 465. The van der Waals surface area contributed by atoms with Gasteiger partial charge in [-0.1, -0.05) is 27.5 Å². The second-order valence-electron chi connectivity index (χ2n) is 2.76. The Balaban J connectivity index is 2.89. The Labute approximate surface area is 89.1 Å². The van der Waals surface area contributed by atoms with Crippen LogP contribution in [0.4, 0.5) is 0 Å². The van der Waals surface area contributed by atoms with Crippen LogP contribution in [0.15, 0.2) is 22.7 Å². The standard InChI is InChI=1S/C9H6BrClN2/c1-5-9(11)7-4-6(10)2-3-8(7)13-12-5/h2-4H,1H3. The van der Waals surface area contributed by atoms with Crippen molar-refractivity contribution in [3.05, 3.63) is 33.4 Å². The van der Waals surface area contributed by atoms with Crippen LogP contribution in [0.25, 0.3) is 10.9 Å². The van der Waals surface area contributed by atoms with Crippen LogP contribution in [-0.4, -0.2) is 10.2 Å². The molecule has 0 fully saturated rings. The second-order valence-corrected chi connectivity index (χ2v) is 4.05. The Morgan fingerprint density at radius 1 is 1.31 bits per heavy atom.